The van der Waals surface area contributed by atoms with Gasteiger partial charge in [-0.25, -0.2) is 4.79 Å². The monoisotopic (exact) mass is 474 g/mol. The van der Waals surface area contributed by atoms with Gasteiger partial charge in [0.1, 0.15) is 6.10 Å². The number of hydrogen-bond acceptors (Lipinski definition) is 2. The summed E-state index contributed by atoms with van der Waals surface area (Å²) in [6, 6.07) is 17.5. The second kappa shape index (κ2) is 13.3. The first kappa shape index (κ1) is 26.0. The van der Waals surface area contributed by atoms with Crippen LogP contribution >= 0.6 is 0 Å². The van der Waals surface area contributed by atoms with E-state index >= 15 is 0 Å². The van der Waals surface area contributed by atoms with Gasteiger partial charge in [0.2, 0.25) is 0 Å². The second-order valence-corrected chi connectivity index (χ2v) is 11.2. The van der Waals surface area contributed by atoms with E-state index < -0.39 is 0 Å². The highest BCUT2D eigenvalue weighted by Crippen LogP contribution is 2.38. The Kier molecular flexibility index (Phi) is 9.86. The van der Waals surface area contributed by atoms with E-state index in [2.05, 4.69) is 50.2 Å². The maximum absolute atomic E-state index is 12.8. The molecule has 0 radical (unpaired) electrons. The van der Waals surface area contributed by atoms with Gasteiger partial charge in [-0.15, -0.1) is 0 Å². The average molecular weight is 475 g/mol. The van der Waals surface area contributed by atoms with Crippen LogP contribution in [0.5, 0.6) is 0 Å². The van der Waals surface area contributed by atoms with Gasteiger partial charge in [0.15, 0.2) is 0 Å². The van der Waals surface area contributed by atoms with Gasteiger partial charge in [-0.1, -0.05) is 82.3 Å². The summed E-state index contributed by atoms with van der Waals surface area (Å²) in [7, 11) is 0. The summed E-state index contributed by atoms with van der Waals surface area (Å²) in [5.74, 6) is 2.04. The van der Waals surface area contributed by atoms with Crippen molar-refractivity contribution >= 4 is 5.97 Å². The van der Waals surface area contributed by atoms with Gasteiger partial charge in [-0.3, -0.25) is 0 Å². The SMILES string of the molecule is CCCCCC1CCC(c2ccc(C(=O)OC3CCC(c4ccc(CCC)cc4)CC3)cc2)CC1. The van der Waals surface area contributed by atoms with Crippen LogP contribution in [-0.2, 0) is 11.2 Å². The van der Waals surface area contributed by atoms with Crippen LogP contribution in [-0.4, -0.2) is 12.1 Å². The summed E-state index contributed by atoms with van der Waals surface area (Å²) >= 11 is 0. The number of rotatable bonds is 10. The van der Waals surface area contributed by atoms with Crippen molar-refractivity contribution in [1.82, 2.24) is 0 Å². The molecule has 0 aliphatic heterocycles. The number of hydrogen-bond donors (Lipinski definition) is 0. The van der Waals surface area contributed by atoms with Crippen molar-refractivity contribution in [2.24, 2.45) is 5.92 Å². The molecule has 2 saturated carbocycles. The lowest BCUT2D eigenvalue weighted by atomic mass is 9.77. The number of esters is 1. The number of ether oxygens (including phenoxy) is 1. The third-order valence-electron chi connectivity index (χ3n) is 8.62. The van der Waals surface area contributed by atoms with Gasteiger partial charge in [0.25, 0.3) is 0 Å². The van der Waals surface area contributed by atoms with E-state index in [1.54, 1.807) is 0 Å². The van der Waals surface area contributed by atoms with Gasteiger partial charge >= 0.3 is 5.97 Å². The molecule has 190 valence electrons. The molecule has 0 heterocycles. The molecule has 0 aromatic heterocycles. The Morgan fingerprint density at radius 1 is 0.714 bits per heavy atom. The lowest BCUT2D eigenvalue weighted by Crippen LogP contribution is -2.24. The fourth-order valence-corrected chi connectivity index (χ4v) is 6.34. The Hall–Kier alpha value is -2.09. The average Bonchev–Trinajstić information content (AvgIpc) is 2.90. The number of carbonyl (C=O) groups excluding carboxylic acids is 1. The Morgan fingerprint density at radius 2 is 1.29 bits per heavy atom. The van der Waals surface area contributed by atoms with Crippen molar-refractivity contribution in [3.05, 3.63) is 70.8 Å². The van der Waals surface area contributed by atoms with Crippen LogP contribution in [0.15, 0.2) is 48.5 Å². The molecule has 0 unspecified atom stereocenters. The molecule has 2 aliphatic rings. The lowest BCUT2D eigenvalue weighted by Gasteiger charge is -2.29. The second-order valence-electron chi connectivity index (χ2n) is 11.2. The van der Waals surface area contributed by atoms with Gasteiger partial charge in [0, 0.05) is 0 Å². The summed E-state index contributed by atoms with van der Waals surface area (Å²) in [5.41, 5.74) is 4.98. The smallest absolute Gasteiger partial charge is 0.338 e. The van der Waals surface area contributed by atoms with Crippen molar-refractivity contribution < 1.29 is 9.53 Å². The Bertz CT molecular complexity index is 882. The van der Waals surface area contributed by atoms with Gasteiger partial charge in [0.05, 0.1) is 5.56 Å². The zero-order valence-corrected chi connectivity index (χ0v) is 22.1. The van der Waals surface area contributed by atoms with E-state index in [9.17, 15) is 4.79 Å². The number of benzene rings is 2. The first-order valence-electron chi connectivity index (χ1n) is 14.6. The summed E-state index contributed by atoms with van der Waals surface area (Å²) in [6.45, 7) is 4.51. The molecule has 4 rings (SSSR count). The minimum atomic E-state index is -0.149. The van der Waals surface area contributed by atoms with Gasteiger partial charge in [-0.2, -0.15) is 0 Å². The van der Waals surface area contributed by atoms with Crippen molar-refractivity contribution in [2.45, 2.75) is 122 Å². The number of aryl methyl sites for hydroxylation is 1. The van der Waals surface area contributed by atoms with E-state index in [1.807, 2.05) is 12.1 Å². The van der Waals surface area contributed by atoms with Crippen molar-refractivity contribution in [1.29, 1.82) is 0 Å². The molecule has 2 aromatic carbocycles. The van der Waals surface area contributed by atoms with E-state index in [0.29, 0.717) is 17.4 Å². The topological polar surface area (TPSA) is 26.3 Å². The normalized spacial score (nSPS) is 24.7. The van der Waals surface area contributed by atoms with Crippen LogP contribution in [0.3, 0.4) is 0 Å². The van der Waals surface area contributed by atoms with Crippen LogP contribution < -0.4 is 0 Å². The fraction of sp³-hybridized carbons (Fsp3) is 0.606. The molecule has 35 heavy (non-hydrogen) atoms. The predicted molar refractivity (Wildman–Crippen MR) is 146 cm³/mol. The van der Waals surface area contributed by atoms with Crippen molar-refractivity contribution in [3.8, 4) is 0 Å². The molecule has 0 bridgehead atoms. The van der Waals surface area contributed by atoms with E-state index in [0.717, 1.165) is 38.0 Å². The summed E-state index contributed by atoms with van der Waals surface area (Å²) in [5, 5.41) is 0. The zero-order valence-electron chi connectivity index (χ0n) is 22.1. The first-order valence-corrected chi connectivity index (χ1v) is 14.6. The predicted octanol–water partition coefficient (Wildman–Crippen LogP) is 9.38. The zero-order chi connectivity index (χ0) is 24.5. The minimum absolute atomic E-state index is 0.0563. The third-order valence-corrected chi connectivity index (χ3v) is 8.62. The van der Waals surface area contributed by atoms with Crippen LogP contribution in [0, 0.1) is 5.92 Å². The number of carbonyl (C=O) groups is 1. The maximum atomic E-state index is 12.8. The van der Waals surface area contributed by atoms with Gasteiger partial charge < -0.3 is 4.74 Å². The minimum Gasteiger partial charge on any atom is -0.459 e. The number of unbranched alkanes of at least 4 members (excludes halogenated alkanes) is 2. The van der Waals surface area contributed by atoms with Crippen LogP contribution in [0.4, 0.5) is 0 Å². The lowest BCUT2D eigenvalue weighted by molar-refractivity contribution is 0.0195. The molecule has 0 spiro atoms. The standard InChI is InChI=1S/C33H46O2/c1-3-5-6-8-26-11-15-27(16-12-26)29-17-19-31(20-18-29)33(34)35-32-23-21-30(22-24-32)28-13-9-25(7-4-2)10-14-28/h9-10,13-14,17-20,26-27,30,32H,3-8,11-12,15-16,21-24H2,1-2H3. The highest BCUT2D eigenvalue weighted by molar-refractivity contribution is 5.89. The first-order chi connectivity index (χ1) is 17.2. The summed E-state index contributed by atoms with van der Waals surface area (Å²) < 4.78 is 5.92. The van der Waals surface area contributed by atoms with E-state index in [-0.39, 0.29) is 12.1 Å². The van der Waals surface area contributed by atoms with Crippen LogP contribution in [0.2, 0.25) is 0 Å². The Labute approximate surface area is 213 Å². The fourth-order valence-electron chi connectivity index (χ4n) is 6.34. The van der Waals surface area contributed by atoms with Crippen molar-refractivity contribution in [3.63, 3.8) is 0 Å². The highest BCUT2D eigenvalue weighted by atomic mass is 16.5. The summed E-state index contributed by atoms with van der Waals surface area (Å²) in [4.78, 5) is 12.8. The molecule has 2 heteroatoms. The molecule has 2 nitrogen and oxygen atoms in total. The third kappa shape index (κ3) is 7.45. The highest BCUT2D eigenvalue weighted by Gasteiger charge is 2.26. The van der Waals surface area contributed by atoms with Crippen LogP contribution in [0.25, 0.3) is 0 Å². The molecule has 0 atom stereocenters. The van der Waals surface area contributed by atoms with Crippen LogP contribution in [0.1, 0.15) is 136 Å². The molecule has 2 aromatic rings. The molecule has 2 fully saturated rings. The molecular formula is C33H46O2. The molecule has 2 aliphatic carbocycles. The molecule has 0 N–H and O–H groups in total. The molecule has 0 amide bonds. The Morgan fingerprint density at radius 3 is 1.86 bits per heavy atom. The summed E-state index contributed by atoms with van der Waals surface area (Å²) in [6.07, 6.45) is 17.4. The van der Waals surface area contributed by atoms with E-state index in [4.69, 9.17) is 4.74 Å². The molecular weight excluding hydrogens is 428 g/mol. The van der Waals surface area contributed by atoms with Crippen molar-refractivity contribution in [2.75, 3.05) is 0 Å². The van der Waals surface area contributed by atoms with Gasteiger partial charge in [-0.05, 0) is 104 Å². The molecule has 0 saturated heterocycles. The quantitative estimate of drug-likeness (QED) is 0.253. The van der Waals surface area contributed by atoms with E-state index in [1.165, 1.54) is 74.5 Å². The largest absolute Gasteiger partial charge is 0.459 e. The maximum Gasteiger partial charge on any atom is 0.338 e. The Balaban J connectivity index is 1.21.